The predicted molar refractivity (Wildman–Crippen MR) is 67.3 cm³/mol. The summed E-state index contributed by atoms with van der Waals surface area (Å²) >= 11 is 1.41. The van der Waals surface area contributed by atoms with E-state index >= 15 is 0 Å². The highest BCUT2D eigenvalue weighted by atomic mass is 32.1. The van der Waals surface area contributed by atoms with Gasteiger partial charge in [0.1, 0.15) is 5.01 Å². The summed E-state index contributed by atoms with van der Waals surface area (Å²) in [5.41, 5.74) is 2.19. The molecule has 0 saturated heterocycles. The van der Waals surface area contributed by atoms with Gasteiger partial charge in [-0.3, -0.25) is 4.79 Å². The molecule has 0 saturated carbocycles. The predicted octanol–water partition coefficient (Wildman–Crippen LogP) is 2.69. The highest BCUT2D eigenvalue weighted by Crippen LogP contribution is 2.25. The molecule has 1 aromatic heterocycles. The summed E-state index contributed by atoms with van der Waals surface area (Å²) in [6.07, 6.45) is 2.43. The molecule has 0 aliphatic heterocycles. The van der Waals surface area contributed by atoms with Crippen LogP contribution >= 0.6 is 11.3 Å². The molecule has 0 fully saturated rings. The fourth-order valence-electron chi connectivity index (χ4n) is 1.38. The van der Waals surface area contributed by atoms with E-state index in [0.717, 1.165) is 22.5 Å². The van der Waals surface area contributed by atoms with E-state index < -0.39 is 0 Å². The number of hydrogen-bond acceptors (Lipinski definition) is 4. The molecule has 0 amide bonds. The van der Waals surface area contributed by atoms with Gasteiger partial charge in [0.05, 0.1) is 4.88 Å². The zero-order valence-electron chi connectivity index (χ0n) is 9.18. The van der Waals surface area contributed by atoms with Crippen LogP contribution in [0.2, 0.25) is 0 Å². The van der Waals surface area contributed by atoms with Crippen LogP contribution in [0.5, 0.6) is 0 Å². The average molecular weight is 232 g/mol. The van der Waals surface area contributed by atoms with Crippen molar-refractivity contribution in [2.75, 3.05) is 19.0 Å². The van der Waals surface area contributed by atoms with Crippen molar-refractivity contribution in [3.8, 4) is 10.6 Å². The monoisotopic (exact) mass is 232 g/mol. The van der Waals surface area contributed by atoms with E-state index in [9.17, 15) is 4.79 Å². The summed E-state index contributed by atoms with van der Waals surface area (Å²) < 4.78 is 0. The minimum absolute atomic E-state index is 0.659. The molecule has 0 atom stereocenters. The molecule has 0 unspecified atom stereocenters. The molecule has 0 spiro atoms. The fourth-order valence-corrected chi connectivity index (χ4v) is 2.11. The quantitative estimate of drug-likeness (QED) is 0.763. The Labute approximate surface area is 98.4 Å². The van der Waals surface area contributed by atoms with Crippen LogP contribution in [-0.2, 0) is 0 Å². The summed E-state index contributed by atoms with van der Waals surface area (Å²) in [7, 11) is 4.01. The Morgan fingerprint density at radius 3 is 2.44 bits per heavy atom. The van der Waals surface area contributed by atoms with Crippen LogP contribution < -0.4 is 4.90 Å². The normalized spacial score (nSPS) is 10.1. The number of aromatic nitrogens is 1. The average Bonchev–Trinajstić information content (AvgIpc) is 2.77. The van der Waals surface area contributed by atoms with Gasteiger partial charge >= 0.3 is 0 Å². The van der Waals surface area contributed by atoms with Crippen molar-refractivity contribution in [1.29, 1.82) is 0 Å². The molecule has 4 heteroatoms. The zero-order valence-corrected chi connectivity index (χ0v) is 9.99. The molecule has 1 aromatic carbocycles. The SMILES string of the molecule is CN(C)c1ccc(-c2ncc(C=O)s2)cc1. The lowest BCUT2D eigenvalue weighted by molar-refractivity contribution is 0.112. The molecule has 16 heavy (non-hydrogen) atoms. The number of rotatable bonds is 3. The minimum Gasteiger partial charge on any atom is -0.378 e. The number of hydrogen-bond donors (Lipinski definition) is 0. The van der Waals surface area contributed by atoms with E-state index in [4.69, 9.17) is 0 Å². The highest BCUT2D eigenvalue weighted by Gasteiger charge is 2.04. The van der Waals surface area contributed by atoms with E-state index in [0.29, 0.717) is 4.88 Å². The first-order chi connectivity index (χ1) is 7.70. The summed E-state index contributed by atoms with van der Waals surface area (Å²) in [5.74, 6) is 0. The second kappa shape index (κ2) is 4.45. The van der Waals surface area contributed by atoms with E-state index in [1.54, 1.807) is 6.20 Å². The Bertz CT molecular complexity index is 488. The first-order valence-corrected chi connectivity index (χ1v) is 5.71. The summed E-state index contributed by atoms with van der Waals surface area (Å²) in [5, 5.41) is 0.882. The Morgan fingerprint density at radius 1 is 1.25 bits per heavy atom. The van der Waals surface area contributed by atoms with Crippen molar-refractivity contribution in [2.45, 2.75) is 0 Å². The van der Waals surface area contributed by atoms with Gasteiger partial charge in [-0.05, 0) is 24.3 Å². The number of nitrogens with zero attached hydrogens (tertiary/aromatic N) is 2. The molecule has 0 aliphatic carbocycles. The maximum atomic E-state index is 10.6. The van der Waals surface area contributed by atoms with E-state index in [1.165, 1.54) is 11.3 Å². The molecular weight excluding hydrogens is 220 g/mol. The van der Waals surface area contributed by atoms with E-state index in [1.807, 2.05) is 43.3 Å². The number of benzene rings is 1. The van der Waals surface area contributed by atoms with Crippen molar-refractivity contribution in [3.05, 3.63) is 35.3 Å². The lowest BCUT2D eigenvalue weighted by Gasteiger charge is -2.11. The fraction of sp³-hybridized carbons (Fsp3) is 0.167. The van der Waals surface area contributed by atoms with Gasteiger partial charge in [-0.25, -0.2) is 4.98 Å². The molecular formula is C12H12N2OS. The van der Waals surface area contributed by atoms with Gasteiger partial charge in [-0.15, -0.1) is 11.3 Å². The van der Waals surface area contributed by atoms with Gasteiger partial charge in [0.2, 0.25) is 0 Å². The van der Waals surface area contributed by atoms with Crippen LogP contribution in [0.15, 0.2) is 30.5 Å². The third-order valence-electron chi connectivity index (χ3n) is 2.27. The molecule has 0 bridgehead atoms. The van der Waals surface area contributed by atoms with Crippen LogP contribution in [0.1, 0.15) is 9.67 Å². The third kappa shape index (κ3) is 2.12. The van der Waals surface area contributed by atoms with Crippen molar-refractivity contribution in [2.24, 2.45) is 0 Å². The summed E-state index contributed by atoms with van der Waals surface area (Å²) in [4.78, 5) is 17.5. The smallest absolute Gasteiger partial charge is 0.161 e. The molecule has 0 N–H and O–H groups in total. The van der Waals surface area contributed by atoms with Gasteiger partial charge in [0.25, 0.3) is 0 Å². The van der Waals surface area contributed by atoms with E-state index in [-0.39, 0.29) is 0 Å². The molecule has 3 nitrogen and oxygen atoms in total. The molecule has 2 rings (SSSR count). The van der Waals surface area contributed by atoms with Crippen LogP contribution in [0, 0.1) is 0 Å². The standard InChI is InChI=1S/C12H12N2OS/c1-14(2)10-5-3-9(4-6-10)12-13-7-11(8-15)16-12/h3-8H,1-2H3. The molecule has 0 radical (unpaired) electrons. The summed E-state index contributed by atoms with van der Waals surface area (Å²) in [6, 6.07) is 8.11. The van der Waals surface area contributed by atoms with Gasteiger partial charge in [0, 0.05) is 31.5 Å². The first-order valence-electron chi connectivity index (χ1n) is 4.89. The number of carbonyl (C=O) groups is 1. The van der Waals surface area contributed by atoms with Crippen molar-refractivity contribution in [1.82, 2.24) is 4.98 Å². The van der Waals surface area contributed by atoms with E-state index in [2.05, 4.69) is 4.98 Å². The Kier molecular flexibility index (Phi) is 3.01. The Balaban J connectivity index is 2.30. The summed E-state index contributed by atoms with van der Waals surface area (Å²) in [6.45, 7) is 0. The van der Waals surface area contributed by atoms with Gasteiger partial charge in [-0.1, -0.05) is 0 Å². The number of carbonyl (C=O) groups excluding carboxylic acids is 1. The van der Waals surface area contributed by atoms with Crippen LogP contribution in [0.4, 0.5) is 5.69 Å². The maximum Gasteiger partial charge on any atom is 0.161 e. The molecule has 0 aliphatic rings. The van der Waals surface area contributed by atoms with Gasteiger partial charge in [-0.2, -0.15) is 0 Å². The van der Waals surface area contributed by atoms with Gasteiger partial charge < -0.3 is 4.90 Å². The minimum atomic E-state index is 0.659. The zero-order chi connectivity index (χ0) is 11.5. The molecule has 2 aromatic rings. The Hall–Kier alpha value is -1.68. The van der Waals surface area contributed by atoms with Crippen LogP contribution in [0.25, 0.3) is 10.6 Å². The van der Waals surface area contributed by atoms with Crippen LogP contribution in [-0.4, -0.2) is 25.4 Å². The van der Waals surface area contributed by atoms with Crippen molar-refractivity contribution in [3.63, 3.8) is 0 Å². The maximum absolute atomic E-state index is 10.6. The van der Waals surface area contributed by atoms with Crippen LogP contribution in [0.3, 0.4) is 0 Å². The lowest BCUT2D eigenvalue weighted by atomic mass is 10.2. The van der Waals surface area contributed by atoms with Gasteiger partial charge in [0.15, 0.2) is 6.29 Å². The number of aldehydes is 1. The lowest BCUT2D eigenvalue weighted by Crippen LogP contribution is -2.07. The Morgan fingerprint density at radius 2 is 1.94 bits per heavy atom. The highest BCUT2D eigenvalue weighted by molar-refractivity contribution is 7.16. The molecule has 82 valence electrons. The second-order valence-electron chi connectivity index (χ2n) is 3.63. The second-order valence-corrected chi connectivity index (χ2v) is 4.69. The van der Waals surface area contributed by atoms with Crippen molar-refractivity contribution >= 4 is 23.3 Å². The number of thiazole rings is 1. The topological polar surface area (TPSA) is 33.2 Å². The largest absolute Gasteiger partial charge is 0.378 e. The van der Waals surface area contributed by atoms with Crippen molar-refractivity contribution < 1.29 is 4.79 Å². The first kappa shape index (κ1) is 10.8. The molecule has 1 heterocycles. The number of anilines is 1. The third-order valence-corrected chi connectivity index (χ3v) is 3.24.